The summed E-state index contributed by atoms with van der Waals surface area (Å²) >= 11 is 1.56. The van der Waals surface area contributed by atoms with Crippen molar-refractivity contribution in [2.24, 2.45) is 0 Å². The van der Waals surface area contributed by atoms with E-state index in [4.69, 9.17) is 29.9 Å². The summed E-state index contributed by atoms with van der Waals surface area (Å²) < 4.78 is 16.1. The van der Waals surface area contributed by atoms with Crippen LogP contribution < -0.4 is 20.3 Å². The first-order chi connectivity index (χ1) is 15.1. The van der Waals surface area contributed by atoms with Crippen molar-refractivity contribution in [3.8, 4) is 5.75 Å². The van der Waals surface area contributed by atoms with Gasteiger partial charge in [-0.25, -0.2) is 9.97 Å². The van der Waals surface area contributed by atoms with Crippen molar-refractivity contribution in [3.63, 3.8) is 0 Å². The van der Waals surface area contributed by atoms with Crippen LogP contribution in [0, 0.1) is 0 Å². The average Bonchev–Trinajstić information content (AvgIpc) is 2.80. The van der Waals surface area contributed by atoms with Crippen LogP contribution >= 0.6 is 11.8 Å². The third kappa shape index (κ3) is 5.57. The van der Waals surface area contributed by atoms with Gasteiger partial charge in [-0.1, -0.05) is 23.9 Å². The van der Waals surface area contributed by atoms with Gasteiger partial charge < -0.3 is 29.7 Å². The number of carbonyl (C=O) groups excluding carboxylic acids is 1. The Kier molecular flexibility index (Phi) is 7.10. The normalized spacial score (nSPS) is 16.9. The predicted molar refractivity (Wildman–Crippen MR) is 120 cm³/mol. The second kappa shape index (κ2) is 10.2. The summed E-state index contributed by atoms with van der Waals surface area (Å²) in [5, 5.41) is 0.682. The molecule has 0 unspecified atom stereocenters. The molecule has 0 saturated carbocycles. The molecule has 1 aromatic heterocycles. The molecule has 2 aromatic rings. The van der Waals surface area contributed by atoms with Crippen LogP contribution in [0.15, 0.2) is 29.4 Å². The lowest BCUT2D eigenvalue weighted by molar-refractivity contribution is -0.131. The number of hydrogen-bond donors (Lipinski definition) is 1. The van der Waals surface area contributed by atoms with Crippen molar-refractivity contribution < 1.29 is 19.0 Å². The molecule has 1 aromatic carbocycles. The Morgan fingerprint density at radius 2 is 1.52 bits per heavy atom. The number of nitrogen functional groups attached to an aromatic ring is 1. The summed E-state index contributed by atoms with van der Waals surface area (Å²) in [5.41, 5.74) is 8.23. The number of thioether (sulfide) groups is 1. The van der Waals surface area contributed by atoms with E-state index in [9.17, 15) is 4.79 Å². The molecular weight excluding hydrogens is 418 g/mol. The molecule has 31 heavy (non-hydrogen) atoms. The quantitative estimate of drug-likeness (QED) is 0.307. The fourth-order valence-corrected chi connectivity index (χ4v) is 4.28. The van der Waals surface area contributed by atoms with Crippen molar-refractivity contribution in [1.29, 1.82) is 0 Å². The summed E-state index contributed by atoms with van der Waals surface area (Å²) in [6.45, 7) is 7.05. The lowest BCUT2D eigenvalue weighted by Gasteiger charge is -2.33. The van der Waals surface area contributed by atoms with E-state index in [0.717, 1.165) is 43.4 Å². The van der Waals surface area contributed by atoms with Crippen molar-refractivity contribution in [2.45, 2.75) is 17.8 Å². The van der Waals surface area contributed by atoms with Gasteiger partial charge in [0.25, 0.3) is 0 Å². The number of rotatable bonds is 6. The Hall–Kier alpha value is -2.56. The SMILES string of the molecule is CC(=O)Oc1ccc(CSc2nc(N3CCOCC3)c(N)c(N3CCOCC3)n2)cc1. The van der Waals surface area contributed by atoms with Crippen LogP contribution in [0.2, 0.25) is 0 Å². The molecule has 0 amide bonds. The third-order valence-electron chi connectivity index (χ3n) is 5.06. The average molecular weight is 446 g/mol. The largest absolute Gasteiger partial charge is 0.427 e. The number of ether oxygens (including phenoxy) is 3. The van der Waals surface area contributed by atoms with Crippen LogP contribution in [0.4, 0.5) is 17.3 Å². The lowest BCUT2D eigenvalue weighted by atomic mass is 10.2. The zero-order valence-corrected chi connectivity index (χ0v) is 18.4. The van der Waals surface area contributed by atoms with Crippen LogP contribution in [0.5, 0.6) is 5.75 Å². The van der Waals surface area contributed by atoms with E-state index < -0.39 is 0 Å². The molecule has 2 saturated heterocycles. The Bertz CT molecular complexity index is 860. The molecular formula is C21H27N5O4S. The molecule has 0 bridgehead atoms. The minimum atomic E-state index is -0.330. The maximum Gasteiger partial charge on any atom is 0.308 e. The molecule has 4 rings (SSSR count). The van der Waals surface area contributed by atoms with Gasteiger partial charge in [-0.2, -0.15) is 0 Å². The fraction of sp³-hybridized carbons (Fsp3) is 0.476. The second-order valence-electron chi connectivity index (χ2n) is 7.29. The lowest BCUT2D eigenvalue weighted by Crippen LogP contribution is -2.39. The standard InChI is InChI=1S/C21H27N5O4S/c1-15(27)30-17-4-2-16(3-5-17)14-31-21-23-19(25-6-10-28-11-7-25)18(22)20(24-21)26-8-12-29-13-9-26/h2-5H,6-14,22H2,1H3. The molecule has 2 N–H and O–H groups in total. The molecule has 10 heteroatoms. The highest BCUT2D eigenvalue weighted by Crippen LogP contribution is 2.34. The van der Waals surface area contributed by atoms with Crippen LogP contribution in [-0.2, 0) is 20.0 Å². The molecule has 0 atom stereocenters. The number of aromatic nitrogens is 2. The maximum atomic E-state index is 11.1. The van der Waals surface area contributed by atoms with Crippen molar-refractivity contribution in [3.05, 3.63) is 29.8 Å². The summed E-state index contributed by atoms with van der Waals surface area (Å²) in [6.07, 6.45) is 0. The molecule has 0 spiro atoms. The Morgan fingerprint density at radius 3 is 2.00 bits per heavy atom. The topological polar surface area (TPSA) is 103 Å². The summed E-state index contributed by atoms with van der Waals surface area (Å²) in [6, 6.07) is 7.46. The molecule has 0 radical (unpaired) electrons. The van der Waals surface area contributed by atoms with E-state index >= 15 is 0 Å². The number of carbonyl (C=O) groups is 1. The number of nitrogens with zero attached hydrogens (tertiary/aromatic N) is 4. The van der Waals surface area contributed by atoms with Gasteiger partial charge in [0.15, 0.2) is 16.8 Å². The predicted octanol–water partition coefficient (Wildman–Crippen LogP) is 1.95. The molecule has 2 aliphatic heterocycles. The van der Waals surface area contributed by atoms with Crippen LogP contribution in [0.3, 0.4) is 0 Å². The van der Waals surface area contributed by atoms with Crippen LogP contribution in [0.25, 0.3) is 0 Å². The number of morpholine rings is 2. The Morgan fingerprint density at radius 1 is 1.00 bits per heavy atom. The molecule has 3 heterocycles. The van der Waals surface area contributed by atoms with E-state index in [-0.39, 0.29) is 5.97 Å². The first-order valence-corrected chi connectivity index (χ1v) is 11.3. The van der Waals surface area contributed by atoms with Gasteiger partial charge in [-0.3, -0.25) is 4.79 Å². The Labute approximate surface area is 185 Å². The van der Waals surface area contributed by atoms with Crippen molar-refractivity contribution in [2.75, 3.05) is 68.1 Å². The van der Waals surface area contributed by atoms with Gasteiger partial charge in [0.2, 0.25) is 0 Å². The number of nitrogens with two attached hydrogens (primary N) is 1. The highest BCUT2D eigenvalue weighted by Gasteiger charge is 2.24. The van der Waals surface area contributed by atoms with Crippen molar-refractivity contribution >= 4 is 35.1 Å². The summed E-state index contributed by atoms with van der Waals surface area (Å²) in [5.74, 6) is 2.44. The van der Waals surface area contributed by atoms with Crippen LogP contribution in [-0.4, -0.2) is 68.5 Å². The smallest absolute Gasteiger partial charge is 0.308 e. The fourth-order valence-electron chi connectivity index (χ4n) is 3.49. The monoisotopic (exact) mass is 445 g/mol. The van der Waals surface area contributed by atoms with E-state index in [2.05, 4.69) is 9.80 Å². The zero-order chi connectivity index (χ0) is 21.6. The van der Waals surface area contributed by atoms with E-state index in [1.165, 1.54) is 6.92 Å². The summed E-state index contributed by atoms with van der Waals surface area (Å²) in [7, 11) is 0. The van der Waals surface area contributed by atoms with Crippen molar-refractivity contribution in [1.82, 2.24) is 9.97 Å². The van der Waals surface area contributed by atoms with Gasteiger partial charge in [-0.05, 0) is 17.7 Å². The van der Waals surface area contributed by atoms with Gasteiger partial charge in [0, 0.05) is 38.9 Å². The molecule has 9 nitrogen and oxygen atoms in total. The highest BCUT2D eigenvalue weighted by molar-refractivity contribution is 7.98. The number of anilines is 3. The third-order valence-corrected chi connectivity index (χ3v) is 5.98. The summed E-state index contributed by atoms with van der Waals surface area (Å²) in [4.78, 5) is 25.0. The Balaban J connectivity index is 1.54. The number of hydrogen-bond acceptors (Lipinski definition) is 10. The maximum absolute atomic E-state index is 11.1. The number of esters is 1. The second-order valence-corrected chi connectivity index (χ2v) is 8.23. The zero-order valence-electron chi connectivity index (χ0n) is 17.6. The molecule has 166 valence electrons. The molecule has 2 aliphatic rings. The van der Waals surface area contributed by atoms with E-state index in [0.29, 0.717) is 48.8 Å². The van der Waals surface area contributed by atoms with Gasteiger partial charge >= 0.3 is 5.97 Å². The first-order valence-electron chi connectivity index (χ1n) is 10.3. The first kappa shape index (κ1) is 21.7. The molecule has 0 aliphatic carbocycles. The van der Waals surface area contributed by atoms with Gasteiger partial charge in [-0.15, -0.1) is 0 Å². The van der Waals surface area contributed by atoms with E-state index in [1.54, 1.807) is 23.9 Å². The van der Waals surface area contributed by atoms with Gasteiger partial charge in [0.1, 0.15) is 11.4 Å². The van der Waals surface area contributed by atoms with E-state index in [1.807, 2.05) is 12.1 Å². The highest BCUT2D eigenvalue weighted by atomic mass is 32.2. The molecule has 2 fully saturated rings. The minimum Gasteiger partial charge on any atom is -0.427 e. The minimum absolute atomic E-state index is 0.330. The van der Waals surface area contributed by atoms with Crippen LogP contribution in [0.1, 0.15) is 12.5 Å². The number of benzene rings is 1. The van der Waals surface area contributed by atoms with Gasteiger partial charge in [0.05, 0.1) is 26.4 Å².